The van der Waals surface area contributed by atoms with Crippen molar-refractivity contribution in [2.45, 2.75) is 41.5 Å². The Morgan fingerprint density at radius 2 is 0.833 bits per heavy atom. The van der Waals surface area contributed by atoms with Gasteiger partial charge in [-0.25, -0.2) is 0 Å². The van der Waals surface area contributed by atoms with Crippen molar-refractivity contribution >= 4 is 23.1 Å². The lowest BCUT2D eigenvalue weighted by Gasteiger charge is -2.28. The highest BCUT2D eigenvalue weighted by molar-refractivity contribution is 6.32. The Labute approximate surface area is 142 Å². The smallest absolute Gasteiger partial charge is 0.190 e. The standard InChI is InChI=1S/C20H22O4/c1-19(2,3)15-9-11(21)7-13(17(15)23)14-8-12(22)10-16(18(14)24)20(4,5)6/h7-10H,1-6H3. The molecule has 0 heterocycles. The highest BCUT2D eigenvalue weighted by atomic mass is 16.1. The number of Topliss-reactive ketones (excluding diaryl/α,β-unsaturated/α-hetero) is 2. The van der Waals surface area contributed by atoms with Crippen LogP contribution in [-0.2, 0) is 19.2 Å². The first-order valence-corrected chi connectivity index (χ1v) is 7.88. The molecule has 0 aromatic carbocycles. The van der Waals surface area contributed by atoms with Crippen molar-refractivity contribution in [1.82, 2.24) is 0 Å². The first-order valence-electron chi connectivity index (χ1n) is 7.88. The van der Waals surface area contributed by atoms with Gasteiger partial charge < -0.3 is 0 Å². The molecule has 0 fully saturated rings. The number of carbonyl (C=O) groups is 4. The maximum absolute atomic E-state index is 12.8. The van der Waals surface area contributed by atoms with Crippen LogP contribution in [0.5, 0.6) is 0 Å². The van der Waals surface area contributed by atoms with Crippen molar-refractivity contribution < 1.29 is 19.2 Å². The Bertz CT molecular complexity index is 716. The van der Waals surface area contributed by atoms with Crippen LogP contribution in [-0.4, -0.2) is 23.1 Å². The van der Waals surface area contributed by atoms with E-state index in [0.29, 0.717) is 11.1 Å². The van der Waals surface area contributed by atoms with E-state index in [9.17, 15) is 19.2 Å². The summed E-state index contributed by atoms with van der Waals surface area (Å²) in [6.45, 7) is 11.0. The number of rotatable bonds is 1. The molecule has 0 N–H and O–H groups in total. The molecule has 4 nitrogen and oxygen atoms in total. The van der Waals surface area contributed by atoms with Gasteiger partial charge >= 0.3 is 0 Å². The molecule has 0 aromatic rings. The van der Waals surface area contributed by atoms with Gasteiger partial charge in [-0.2, -0.15) is 0 Å². The largest absolute Gasteiger partial charge is 0.290 e. The van der Waals surface area contributed by atoms with Crippen molar-refractivity contribution in [2.24, 2.45) is 10.8 Å². The molecule has 4 heteroatoms. The van der Waals surface area contributed by atoms with Gasteiger partial charge in [-0.3, -0.25) is 19.2 Å². The zero-order valence-electron chi connectivity index (χ0n) is 14.9. The Balaban J connectivity index is 2.53. The van der Waals surface area contributed by atoms with E-state index in [1.54, 1.807) is 0 Å². The molecular formula is C20H22O4. The molecule has 2 aliphatic rings. The van der Waals surface area contributed by atoms with E-state index in [1.165, 1.54) is 12.2 Å². The summed E-state index contributed by atoms with van der Waals surface area (Å²) in [4.78, 5) is 49.7. The van der Waals surface area contributed by atoms with Gasteiger partial charge in [0.05, 0.1) is 0 Å². The summed E-state index contributed by atoms with van der Waals surface area (Å²) in [5.41, 5.74) is -0.341. The molecule has 0 amide bonds. The molecule has 0 spiro atoms. The van der Waals surface area contributed by atoms with Crippen molar-refractivity contribution in [1.29, 1.82) is 0 Å². The number of carbonyl (C=O) groups excluding carboxylic acids is 4. The Hall–Kier alpha value is -2.36. The second-order valence-corrected chi connectivity index (χ2v) is 8.20. The molecule has 2 aliphatic carbocycles. The van der Waals surface area contributed by atoms with Gasteiger partial charge in [-0.05, 0) is 35.1 Å². The van der Waals surface area contributed by atoms with Crippen LogP contribution in [0.4, 0.5) is 0 Å². The van der Waals surface area contributed by atoms with Gasteiger partial charge in [0.15, 0.2) is 23.1 Å². The molecule has 126 valence electrons. The molecule has 0 atom stereocenters. The SMILES string of the molecule is CC(C)(C)C1=CC(=O)C=C(C2=CC(=O)C=C(C(C)(C)C)C2=O)C1=O. The minimum atomic E-state index is -0.531. The van der Waals surface area contributed by atoms with E-state index in [0.717, 1.165) is 12.2 Å². The molecule has 0 aromatic heterocycles. The summed E-state index contributed by atoms with van der Waals surface area (Å²) in [5, 5.41) is 0. The fraction of sp³-hybridized carbons (Fsp3) is 0.400. The first kappa shape index (κ1) is 18.0. The molecule has 0 aliphatic heterocycles. The van der Waals surface area contributed by atoms with E-state index in [4.69, 9.17) is 0 Å². The number of hydrogen-bond acceptors (Lipinski definition) is 4. The van der Waals surface area contributed by atoms with E-state index in [-0.39, 0.29) is 34.3 Å². The van der Waals surface area contributed by atoms with Crippen molar-refractivity contribution in [3.63, 3.8) is 0 Å². The van der Waals surface area contributed by atoms with Gasteiger partial charge in [0, 0.05) is 22.3 Å². The Morgan fingerprint density at radius 1 is 0.542 bits per heavy atom. The molecule has 24 heavy (non-hydrogen) atoms. The minimum absolute atomic E-state index is 0.0145. The van der Waals surface area contributed by atoms with E-state index in [1.807, 2.05) is 41.5 Å². The molecule has 0 saturated heterocycles. The van der Waals surface area contributed by atoms with Crippen LogP contribution in [0.25, 0.3) is 0 Å². The maximum Gasteiger partial charge on any atom is 0.190 e. The average molecular weight is 326 g/mol. The maximum atomic E-state index is 12.8. The third kappa shape index (κ3) is 3.28. The third-order valence-corrected chi connectivity index (χ3v) is 4.03. The first-order chi connectivity index (χ1) is 10.8. The van der Waals surface area contributed by atoms with Crippen LogP contribution < -0.4 is 0 Å². The number of ketones is 4. The summed E-state index contributed by atoms with van der Waals surface area (Å²) < 4.78 is 0. The third-order valence-electron chi connectivity index (χ3n) is 4.03. The predicted octanol–water partition coefficient (Wildman–Crippen LogP) is 3.09. The molecule has 0 radical (unpaired) electrons. The van der Waals surface area contributed by atoms with Crippen LogP contribution in [0.1, 0.15) is 41.5 Å². The predicted molar refractivity (Wildman–Crippen MR) is 91.3 cm³/mol. The Morgan fingerprint density at radius 3 is 1.08 bits per heavy atom. The highest BCUT2D eigenvalue weighted by Gasteiger charge is 2.37. The zero-order chi connectivity index (χ0) is 18.4. The van der Waals surface area contributed by atoms with E-state index < -0.39 is 10.8 Å². The van der Waals surface area contributed by atoms with Crippen molar-refractivity contribution in [2.75, 3.05) is 0 Å². The summed E-state index contributed by atoms with van der Waals surface area (Å²) in [6, 6.07) is 0. The lowest BCUT2D eigenvalue weighted by Crippen LogP contribution is -2.30. The normalized spacial score (nSPS) is 19.8. The molecule has 0 saturated carbocycles. The molecular weight excluding hydrogens is 304 g/mol. The lowest BCUT2D eigenvalue weighted by molar-refractivity contribution is -0.117. The van der Waals surface area contributed by atoms with Crippen LogP contribution in [0.15, 0.2) is 46.6 Å². The monoisotopic (exact) mass is 326 g/mol. The summed E-state index contributed by atoms with van der Waals surface area (Å²) in [5.74, 6) is -1.43. The molecule has 2 rings (SSSR count). The summed E-state index contributed by atoms with van der Waals surface area (Å²) >= 11 is 0. The van der Waals surface area contributed by atoms with Crippen LogP contribution >= 0.6 is 0 Å². The van der Waals surface area contributed by atoms with Crippen LogP contribution in [0.2, 0.25) is 0 Å². The van der Waals surface area contributed by atoms with Gasteiger partial charge in [-0.1, -0.05) is 41.5 Å². The van der Waals surface area contributed by atoms with Gasteiger partial charge in [0.1, 0.15) is 0 Å². The lowest BCUT2D eigenvalue weighted by atomic mass is 9.73. The van der Waals surface area contributed by atoms with Crippen LogP contribution in [0.3, 0.4) is 0 Å². The van der Waals surface area contributed by atoms with Gasteiger partial charge in [0.25, 0.3) is 0 Å². The van der Waals surface area contributed by atoms with E-state index in [2.05, 4.69) is 0 Å². The second kappa shape index (κ2) is 5.62. The highest BCUT2D eigenvalue weighted by Crippen LogP contribution is 2.37. The summed E-state index contributed by atoms with van der Waals surface area (Å²) in [7, 11) is 0. The summed E-state index contributed by atoms with van der Waals surface area (Å²) in [6.07, 6.45) is 4.92. The van der Waals surface area contributed by atoms with Crippen molar-refractivity contribution in [3.05, 3.63) is 46.6 Å². The molecule has 0 bridgehead atoms. The topological polar surface area (TPSA) is 68.3 Å². The minimum Gasteiger partial charge on any atom is -0.290 e. The number of allylic oxidation sites excluding steroid dienone is 8. The fourth-order valence-corrected chi connectivity index (χ4v) is 2.72. The fourth-order valence-electron chi connectivity index (χ4n) is 2.72. The quantitative estimate of drug-likeness (QED) is 0.694. The second-order valence-electron chi connectivity index (χ2n) is 8.20. The van der Waals surface area contributed by atoms with Gasteiger partial charge in [-0.15, -0.1) is 0 Å². The van der Waals surface area contributed by atoms with Gasteiger partial charge in [0.2, 0.25) is 0 Å². The average Bonchev–Trinajstić information content (AvgIpc) is 2.41. The van der Waals surface area contributed by atoms with E-state index >= 15 is 0 Å². The Kier molecular flexibility index (Phi) is 4.21. The van der Waals surface area contributed by atoms with Crippen LogP contribution in [0, 0.1) is 10.8 Å². The molecule has 0 unspecified atom stereocenters. The van der Waals surface area contributed by atoms with Crippen molar-refractivity contribution in [3.8, 4) is 0 Å². The number of hydrogen-bond donors (Lipinski definition) is 0. The zero-order valence-corrected chi connectivity index (χ0v) is 14.9.